The number of fused-ring (bicyclic) bond motifs is 5. The zero-order chi connectivity index (χ0) is 27.7. The standard InChI is InChI=1S/C28H38F2O7/c1-7-21(14(2)3)36-24(35)37-28(23(33)34)15(4)10-17-18-13-20(29)19-11-16(31)12-22(32)26(19,6)27(18,30)9-8-25(17,28)5/h11-12,14-15,17-18,20-21,31H,7-10,13H2,1-6H3,(H,33,34)/t15-,17+,18+,20+,21?,25+,26-,27-,28+/m1/s1. The van der Waals surface area contributed by atoms with Crippen LogP contribution >= 0.6 is 0 Å². The molecule has 3 fully saturated rings. The maximum Gasteiger partial charge on any atom is 0.509 e. The van der Waals surface area contributed by atoms with Crippen LogP contribution in [0.15, 0.2) is 23.5 Å². The van der Waals surface area contributed by atoms with Gasteiger partial charge in [-0.3, -0.25) is 4.79 Å². The predicted octanol–water partition coefficient (Wildman–Crippen LogP) is 5.88. The van der Waals surface area contributed by atoms with E-state index in [0.717, 1.165) is 12.2 Å². The lowest BCUT2D eigenvalue weighted by molar-refractivity contribution is -0.207. The molecule has 37 heavy (non-hydrogen) atoms. The van der Waals surface area contributed by atoms with Gasteiger partial charge in [0.25, 0.3) is 0 Å². The Labute approximate surface area is 216 Å². The molecule has 1 unspecified atom stereocenters. The van der Waals surface area contributed by atoms with Crippen LogP contribution in [0.1, 0.15) is 73.6 Å². The van der Waals surface area contributed by atoms with Gasteiger partial charge in [0.15, 0.2) is 5.78 Å². The number of allylic oxidation sites excluding steroid dienone is 3. The maximum atomic E-state index is 17.2. The molecule has 9 heteroatoms. The fourth-order valence-electron chi connectivity index (χ4n) is 8.19. The quantitative estimate of drug-likeness (QED) is 0.432. The lowest BCUT2D eigenvalue weighted by Gasteiger charge is -2.61. The largest absolute Gasteiger partial charge is 0.509 e. The summed E-state index contributed by atoms with van der Waals surface area (Å²) < 4.78 is 44.1. The molecule has 4 aliphatic rings. The number of hydrogen-bond acceptors (Lipinski definition) is 6. The van der Waals surface area contributed by atoms with E-state index in [4.69, 9.17) is 9.47 Å². The molecule has 0 heterocycles. The SMILES string of the molecule is CCC(OC(=O)O[C@]1(C(=O)O)[C@H](C)C[C@H]2[C@@H]3C[C@H](F)C4=CC(O)=CC(=O)[C@]4(C)[C@@]3(F)CC[C@@]21C)C(C)C. The minimum atomic E-state index is -2.15. The number of hydrogen-bond donors (Lipinski definition) is 2. The highest BCUT2D eigenvalue weighted by atomic mass is 19.1. The van der Waals surface area contributed by atoms with Crippen LogP contribution in [0.2, 0.25) is 0 Å². The molecule has 0 aromatic carbocycles. The number of aliphatic hydroxyl groups excluding tert-OH is 1. The topological polar surface area (TPSA) is 110 Å². The molecule has 4 rings (SSSR count). The van der Waals surface area contributed by atoms with E-state index < -0.39 is 75.8 Å². The number of aliphatic hydroxyl groups is 1. The first-order valence-corrected chi connectivity index (χ1v) is 13.2. The van der Waals surface area contributed by atoms with Crippen molar-refractivity contribution >= 4 is 17.9 Å². The summed E-state index contributed by atoms with van der Waals surface area (Å²) in [6.45, 7) is 10.3. The van der Waals surface area contributed by atoms with Gasteiger partial charge in [0.1, 0.15) is 23.7 Å². The Kier molecular flexibility index (Phi) is 6.56. The molecule has 4 aliphatic carbocycles. The van der Waals surface area contributed by atoms with Crippen LogP contribution in [0.5, 0.6) is 0 Å². The average molecular weight is 525 g/mol. The van der Waals surface area contributed by atoms with Crippen molar-refractivity contribution in [3.63, 3.8) is 0 Å². The minimum absolute atomic E-state index is 0.00210. The molecule has 0 aliphatic heterocycles. The number of alkyl halides is 2. The Balaban J connectivity index is 1.75. The summed E-state index contributed by atoms with van der Waals surface area (Å²) in [7, 11) is 0. The number of carboxylic acids is 1. The smallest absolute Gasteiger partial charge is 0.508 e. The Morgan fingerprint density at radius 2 is 1.81 bits per heavy atom. The number of ether oxygens (including phenoxy) is 2. The molecule has 0 aromatic rings. The number of carboxylic acid groups (broad SMARTS) is 1. The van der Waals surface area contributed by atoms with Crippen molar-refractivity contribution in [3.05, 3.63) is 23.5 Å². The lowest BCUT2D eigenvalue weighted by Crippen LogP contribution is -2.67. The van der Waals surface area contributed by atoms with Gasteiger partial charge in [0.05, 0.1) is 5.41 Å². The van der Waals surface area contributed by atoms with Gasteiger partial charge in [-0.15, -0.1) is 0 Å². The first kappa shape index (κ1) is 27.6. The molecule has 0 bridgehead atoms. The maximum absolute atomic E-state index is 17.2. The summed E-state index contributed by atoms with van der Waals surface area (Å²) in [5.41, 5.74) is -7.26. The van der Waals surface area contributed by atoms with Crippen LogP contribution < -0.4 is 0 Å². The molecular weight excluding hydrogens is 486 g/mol. The number of halogens is 2. The normalized spacial score (nSPS) is 43.6. The highest BCUT2D eigenvalue weighted by Gasteiger charge is 2.77. The van der Waals surface area contributed by atoms with Crippen molar-refractivity contribution in [2.45, 2.75) is 97.2 Å². The third-order valence-corrected chi connectivity index (χ3v) is 10.3. The van der Waals surface area contributed by atoms with Crippen molar-refractivity contribution in [1.29, 1.82) is 0 Å². The van der Waals surface area contributed by atoms with E-state index >= 15 is 8.78 Å². The summed E-state index contributed by atoms with van der Waals surface area (Å²) in [5.74, 6) is -4.80. The second kappa shape index (κ2) is 8.80. The molecule has 2 N–H and O–H groups in total. The van der Waals surface area contributed by atoms with Crippen molar-refractivity contribution < 1.29 is 42.9 Å². The molecule has 9 atom stereocenters. The van der Waals surface area contributed by atoms with Crippen LogP contribution in [0.4, 0.5) is 13.6 Å². The monoisotopic (exact) mass is 524 g/mol. The van der Waals surface area contributed by atoms with Crippen LogP contribution in [0.25, 0.3) is 0 Å². The molecular formula is C28H38F2O7. The van der Waals surface area contributed by atoms with Crippen LogP contribution in [0.3, 0.4) is 0 Å². The van der Waals surface area contributed by atoms with Gasteiger partial charge in [-0.25, -0.2) is 18.4 Å². The van der Waals surface area contributed by atoms with Crippen molar-refractivity contribution in [3.8, 4) is 0 Å². The van der Waals surface area contributed by atoms with E-state index in [-0.39, 0.29) is 37.2 Å². The highest BCUT2D eigenvalue weighted by Crippen LogP contribution is 2.71. The Morgan fingerprint density at radius 3 is 2.38 bits per heavy atom. The lowest BCUT2D eigenvalue weighted by atomic mass is 9.44. The zero-order valence-corrected chi connectivity index (χ0v) is 22.3. The van der Waals surface area contributed by atoms with Crippen LogP contribution in [-0.4, -0.2) is 51.7 Å². The number of carbonyl (C=O) groups excluding carboxylic acids is 2. The van der Waals surface area contributed by atoms with Gasteiger partial charge in [-0.05, 0) is 62.5 Å². The summed E-state index contributed by atoms with van der Waals surface area (Å²) in [6, 6.07) is 0. The molecule has 0 radical (unpaired) electrons. The number of ketones is 1. The third kappa shape index (κ3) is 3.51. The summed E-state index contributed by atoms with van der Waals surface area (Å²) >= 11 is 0. The summed E-state index contributed by atoms with van der Waals surface area (Å²) in [5, 5.41) is 20.4. The predicted molar refractivity (Wildman–Crippen MR) is 130 cm³/mol. The van der Waals surface area contributed by atoms with Crippen molar-refractivity contribution in [1.82, 2.24) is 0 Å². The molecule has 206 valence electrons. The van der Waals surface area contributed by atoms with Gasteiger partial charge in [-0.2, -0.15) is 0 Å². The molecule has 7 nitrogen and oxygen atoms in total. The average Bonchev–Trinajstić information content (AvgIpc) is 3.03. The Bertz CT molecular complexity index is 1070. The Morgan fingerprint density at radius 1 is 1.16 bits per heavy atom. The van der Waals surface area contributed by atoms with E-state index in [2.05, 4.69) is 0 Å². The number of aliphatic carboxylic acids is 1. The number of carbonyl (C=O) groups is 3. The highest BCUT2D eigenvalue weighted by molar-refractivity contribution is 6.00. The van der Waals surface area contributed by atoms with E-state index in [1.165, 1.54) is 6.92 Å². The Hall–Kier alpha value is -2.45. The fraction of sp³-hybridized carbons (Fsp3) is 0.750. The van der Waals surface area contributed by atoms with Gasteiger partial charge < -0.3 is 19.7 Å². The number of rotatable bonds is 5. The van der Waals surface area contributed by atoms with Gasteiger partial charge in [-0.1, -0.05) is 34.6 Å². The molecule has 0 saturated heterocycles. The summed E-state index contributed by atoms with van der Waals surface area (Å²) in [6.07, 6.45) is -0.881. The van der Waals surface area contributed by atoms with Crippen molar-refractivity contribution in [2.75, 3.05) is 0 Å². The molecule has 0 aromatic heterocycles. The summed E-state index contributed by atoms with van der Waals surface area (Å²) in [4.78, 5) is 38.9. The van der Waals surface area contributed by atoms with E-state index in [1.54, 1.807) is 13.8 Å². The van der Waals surface area contributed by atoms with E-state index in [0.29, 0.717) is 6.42 Å². The van der Waals surface area contributed by atoms with Crippen LogP contribution in [-0.2, 0) is 19.1 Å². The first-order chi connectivity index (χ1) is 17.1. The van der Waals surface area contributed by atoms with Crippen molar-refractivity contribution in [2.24, 2.45) is 34.5 Å². The molecule has 0 amide bonds. The van der Waals surface area contributed by atoms with Crippen LogP contribution in [0, 0.1) is 34.5 Å². The fourth-order valence-corrected chi connectivity index (χ4v) is 8.19. The second-order valence-electron chi connectivity index (χ2n) is 12.2. The molecule has 0 spiro atoms. The van der Waals surface area contributed by atoms with Gasteiger partial charge >= 0.3 is 12.1 Å². The van der Waals surface area contributed by atoms with Gasteiger partial charge in [0, 0.05) is 23.3 Å². The minimum Gasteiger partial charge on any atom is -0.508 e. The molecule has 3 saturated carbocycles. The third-order valence-electron chi connectivity index (χ3n) is 10.3. The first-order valence-electron chi connectivity index (χ1n) is 13.2. The van der Waals surface area contributed by atoms with E-state index in [9.17, 15) is 24.6 Å². The zero-order valence-electron chi connectivity index (χ0n) is 22.3. The van der Waals surface area contributed by atoms with E-state index in [1.807, 2.05) is 20.8 Å². The van der Waals surface area contributed by atoms with Gasteiger partial charge in [0.2, 0.25) is 5.60 Å². The second-order valence-corrected chi connectivity index (χ2v) is 12.2.